The van der Waals surface area contributed by atoms with Crippen LogP contribution in [-0.2, 0) is 4.74 Å². The molecule has 0 saturated carbocycles. The van der Waals surface area contributed by atoms with Crippen LogP contribution in [0.1, 0.15) is 24.5 Å². The van der Waals surface area contributed by atoms with Gasteiger partial charge in [-0.15, -0.1) is 0 Å². The van der Waals surface area contributed by atoms with Crippen LogP contribution < -0.4 is 5.73 Å². The van der Waals surface area contributed by atoms with E-state index < -0.39 is 0 Å². The second kappa shape index (κ2) is 4.73. The smallest absolute Gasteiger partial charge is 0.123 e. The summed E-state index contributed by atoms with van der Waals surface area (Å²) >= 11 is 0. The maximum Gasteiger partial charge on any atom is 0.123 e. The molecule has 1 aromatic rings. The third kappa shape index (κ3) is 2.36. The Morgan fingerprint density at radius 2 is 2.07 bits per heavy atom. The molecule has 1 heterocycles. The van der Waals surface area contributed by atoms with Crippen LogP contribution >= 0.6 is 0 Å². The van der Waals surface area contributed by atoms with Crippen LogP contribution in [0.5, 0.6) is 0 Å². The number of hydrogen-bond donors (Lipinski definition) is 1. The highest BCUT2D eigenvalue weighted by Crippen LogP contribution is 2.32. The van der Waals surface area contributed by atoms with Gasteiger partial charge in [0.25, 0.3) is 0 Å². The highest BCUT2D eigenvalue weighted by molar-refractivity contribution is 5.19. The van der Waals surface area contributed by atoms with Crippen molar-refractivity contribution in [3.8, 4) is 0 Å². The van der Waals surface area contributed by atoms with Crippen molar-refractivity contribution in [3.63, 3.8) is 0 Å². The first kappa shape index (κ1) is 10.6. The number of rotatable bonds is 2. The van der Waals surface area contributed by atoms with Gasteiger partial charge in [0.1, 0.15) is 5.82 Å². The average Bonchev–Trinajstić information content (AvgIpc) is 2.30. The molecule has 2 atom stereocenters. The van der Waals surface area contributed by atoms with E-state index in [4.69, 9.17) is 10.5 Å². The normalized spacial score (nSPS) is 26.5. The molecule has 82 valence electrons. The third-order valence-electron chi connectivity index (χ3n) is 2.95. The van der Waals surface area contributed by atoms with Crippen LogP contribution in [0.25, 0.3) is 0 Å². The van der Waals surface area contributed by atoms with Crippen LogP contribution in [-0.4, -0.2) is 13.2 Å². The zero-order valence-corrected chi connectivity index (χ0v) is 8.66. The van der Waals surface area contributed by atoms with Crippen molar-refractivity contribution in [2.75, 3.05) is 13.2 Å². The van der Waals surface area contributed by atoms with E-state index in [1.54, 1.807) is 12.1 Å². The summed E-state index contributed by atoms with van der Waals surface area (Å²) in [4.78, 5) is 0. The molecule has 0 aromatic heterocycles. The van der Waals surface area contributed by atoms with E-state index in [2.05, 4.69) is 0 Å². The van der Waals surface area contributed by atoms with Crippen molar-refractivity contribution in [1.29, 1.82) is 0 Å². The van der Waals surface area contributed by atoms with Crippen LogP contribution in [0.3, 0.4) is 0 Å². The molecular formula is C12H16FNO. The quantitative estimate of drug-likeness (QED) is 0.810. The van der Waals surface area contributed by atoms with Gasteiger partial charge in [-0.3, -0.25) is 0 Å². The Kier molecular flexibility index (Phi) is 3.34. The van der Waals surface area contributed by atoms with E-state index in [1.807, 2.05) is 0 Å². The number of nitrogens with two attached hydrogens (primary N) is 1. The monoisotopic (exact) mass is 209 g/mol. The van der Waals surface area contributed by atoms with Gasteiger partial charge in [-0.05, 0) is 37.1 Å². The summed E-state index contributed by atoms with van der Waals surface area (Å²) in [5.74, 6) is 0.156. The Morgan fingerprint density at radius 3 is 2.73 bits per heavy atom. The van der Waals surface area contributed by atoms with Gasteiger partial charge >= 0.3 is 0 Å². The van der Waals surface area contributed by atoms with Crippen molar-refractivity contribution in [3.05, 3.63) is 35.6 Å². The minimum Gasteiger partial charge on any atom is -0.373 e. The summed E-state index contributed by atoms with van der Waals surface area (Å²) in [5, 5.41) is 0. The second-order valence-electron chi connectivity index (χ2n) is 3.98. The lowest BCUT2D eigenvalue weighted by Crippen LogP contribution is -2.28. The number of benzene rings is 1. The van der Waals surface area contributed by atoms with Crippen molar-refractivity contribution in [2.24, 2.45) is 11.7 Å². The molecule has 1 saturated heterocycles. The van der Waals surface area contributed by atoms with Crippen LogP contribution in [0, 0.1) is 11.7 Å². The first-order valence-corrected chi connectivity index (χ1v) is 5.38. The predicted octanol–water partition coefficient (Wildman–Crippen LogP) is 2.25. The SMILES string of the molecule is NCC1CCCOC1c1ccc(F)cc1. The number of ether oxygens (including phenoxy) is 1. The first-order valence-electron chi connectivity index (χ1n) is 5.38. The molecule has 0 aliphatic carbocycles. The summed E-state index contributed by atoms with van der Waals surface area (Å²) in [6, 6.07) is 6.52. The molecule has 1 aliphatic heterocycles. The molecule has 1 aromatic carbocycles. The summed E-state index contributed by atoms with van der Waals surface area (Å²) in [6.07, 6.45) is 2.21. The van der Waals surface area contributed by atoms with E-state index in [0.717, 1.165) is 25.0 Å². The van der Waals surface area contributed by atoms with Gasteiger partial charge in [-0.2, -0.15) is 0 Å². The maximum atomic E-state index is 12.8. The van der Waals surface area contributed by atoms with Crippen LogP contribution in [0.15, 0.2) is 24.3 Å². The largest absolute Gasteiger partial charge is 0.373 e. The molecule has 0 spiro atoms. The minimum atomic E-state index is -0.209. The van der Waals surface area contributed by atoms with E-state index in [0.29, 0.717) is 12.5 Å². The molecule has 1 fully saturated rings. The predicted molar refractivity (Wildman–Crippen MR) is 56.9 cm³/mol. The first-order chi connectivity index (χ1) is 7.31. The zero-order chi connectivity index (χ0) is 10.7. The molecule has 15 heavy (non-hydrogen) atoms. The molecule has 0 amide bonds. The Labute approximate surface area is 89.2 Å². The Hall–Kier alpha value is -0.930. The fraction of sp³-hybridized carbons (Fsp3) is 0.500. The molecule has 0 bridgehead atoms. The van der Waals surface area contributed by atoms with E-state index >= 15 is 0 Å². The summed E-state index contributed by atoms with van der Waals surface area (Å²) < 4.78 is 18.5. The lowest BCUT2D eigenvalue weighted by molar-refractivity contribution is -0.0251. The van der Waals surface area contributed by atoms with Gasteiger partial charge < -0.3 is 10.5 Å². The molecule has 2 unspecified atom stereocenters. The summed E-state index contributed by atoms with van der Waals surface area (Å²) in [6.45, 7) is 1.40. The zero-order valence-electron chi connectivity index (χ0n) is 8.66. The van der Waals surface area contributed by atoms with Gasteiger partial charge in [0.05, 0.1) is 6.10 Å². The summed E-state index contributed by atoms with van der Waals surface area (Å²) in [7, 11) is 0. The lowest BCUT2D eigenvalue weighted by atomic mass is 9.90. The standard InChI is InChI=1S/C12H16FNO/c13-11-5-3-9(4-6-11)12-10(8-14)2-1-7-15-12/h3-6,10,12H,1-2,7-8,14H2. The molecule has 0 radical (unpaired) electrons. The Bertz CT molecular complexity index is 312. The van der Waals surface area contributed by atoms with Crippen molar-refractivity contribution in [1.82, 2.24) is 0 Å². The highest BCUT2D eigenvalue weighted by atomic mass is 19.1. The van der Waals surface area contributed by atoms with Crippen molar-refractivity contribution < 1.29 is 9.13 Å². The van der Waals surface area contributed by atoms with E-state index in [9.17, 15) is 4.39 Å². The van der Waals surface area contributed by atoms with Crippen LogP contribution in [0.4, 0.5) is 4.39 Å². The number of halogens is 1. The molecule has 1 aliphatic rings. The molecule has 3 heteroatoms. The fourth-order valence-electron chi connectivity index (χ4n) is 2.11. The van der Waals surface area contributed by atoms with Crippen LogP contribution in [0.2, 0.25) is 0 Å². The molecule has 2 rings (SSSR count). The minimum absolute atomic E-state index is 0.0457. The highest BCUT2D eigenvalue weighted by Gasteiger charge is 2.26. The fourth-order valence-corrected chi connectivity index (χ4v) is 2.11. The third-order valence-corrected chi connectivity index (χ3v) is 2.95. The second-order valence-corrected chi connectivity index (χ2v) is 3.98. The van der Waals surface area contributed by atoms with Gasteiger partial charge in [0.2, 0.25) is 0 Å². The van der Waals surface area contributed by atoms with Gasteiger partial charge in [-0.25, -0.2) is 4.39 Å². The lowest BCUT2D eigenvalue weighted by Gasteiger charge is -2.31. The molecular weight excluding hydrogens is 193 g/mol. The molecule has 2 nitrogen and oxygen atoms in total. The average molecular weight is 209 g/mol. The van der Waals surface area contributed by atoms with Gasteiger partial charge in [-0.1, -0.05) is 12.1 Å². The Morgan fingerprint density at radius 1 is 1.33 bits per heavy atom. The van der Waals surface area contributed by atoms with Crippen molar-refractivity contribution in [2.45, 2.75) is 18.9 Å². The van der Waals surface area contributed by atoms with E-state index in [-0.39, 0.29) is 11.9 Å². The van der Waals surface area contributed by atoms with E-state index in [1.165, 1.54) is 12.1 Å². The molecule has 2 N–H and O–H groups in total. The Balaban J connectivity index is 2.16. The van der Waals surface area contributed by atoms with Gasteiger partial charge in [0.15, 0.2) is 0 Å². The number of hydrogen-bond acceptors (Lipinski definition) is 2. The summed E-state index contributed by atoms with van der Waals surface area (Å²) in [5.41, 5.74) is 6.74. The topological polar surface area (TPSA) is 35.2 Å². The van der Waals surface area contributed by atoms with Gasteiger partial charge in [0, 0.05) is 12.5 Å². The maximum absolute atomic E-state index is 12.8. The van der Waals surface area contributed by atoms with Crippen molar-refractivity contribution >= 4 is 0 Å².